The molecule has 7 heteroatoms. The van der Waals surface area contributed by atoms with Crippen molar-refractivity contribution in [2.45, 2.75) is 18.9 Å². The predicted octanol–water partition coefficient (Wildman–Crippen LogP) is 2.79. The molecule has 1 aliphatic rings. The zero-order chi connectivity index (χ0) is 23.4. The van der Waals surface area contributed by atoms with Crippen LogP contribution in [0.1, 0.15) is 34.3 Å². The number of benzene rings is 1. The summed E-state index contributed by atoms with van der Waals surface area (Å²) in [6.45, 7) is 3.71. The molecule has 0 saturated heterocycles. The number of anilines is 2. The molecule has 3 aromatic rings. The summed E-state index contributed by atoms with van der Waals surface area (Å²) in [6.07, 6.45) is 6.48. The van der Waals surface area contributed by atoms with Gasteiger partial charge >= 0.3 is 0 Å². The summed E-state index contributed by atoms with van der Waals surface area (Å²) in [6, 6.07) is 14.4. The van der Waals surface area contributed by atoms with Gasteiger partial charge in [0, 0.05) is 41.3 Å². The van der Waals surface area contributed by atoms with Crippen LogP contribution in [0.4, 0.5) is 11.5 Å². The standard InChI is InChI=1S/C26H22N4O3/c1-18(26(32)28-21-12-13-21)24(31)23-9-4-14-27-25(23)29(2)22-8-3-6-19(16-22)10-11-20-7-5-15-30(33)17-20/h3-9,14-17,21H,1,12-13H2,2H3,(H-,28,32,33)/p+1. The van der Waals surface area contributed by atoms with Crippen LogP contribution >= 0.6 is 0 Å². The number of carbonyl (C=O) groups excluding carboxylic acids is 2. The maximum Gasteiger partial charge on any atom is 0.254 e. The first-order valence-corrected chi connectivity index (χ1v) is 10.5. The SMILES string of the molecule is C=C(C(=O)NC1CC1)C(=O)c1cccnc1N(C)c1cccc(C#Cc2ccc[n+](O)c2)c1. The topological polar surface area (TPSA) is 86.4 Å². The number of Topliss-reactive ketones (excluding diaryl/α,β-unsaturated/α-hetero) is 1. The quantitative estimate of drug-likeness (QED) is 0.117. The second kappa shape index (κ2) is 9.37. The highest BCUT2D eigenvalue weighted by atomic mass is 16.5. The van der Waals surface area contributed by atoms with Crippen molar-refractivity contribution >= 4 is 23.2 Å². The third-order valence-corrected chi connectivity index (χ3v) is 5.18. The summed E-state index contributed by atoms with van der Waals surface area (Å²) in [5.41, 5.74) is 2.38. The van der Waals surface area contributed by atoms with E-state index in [-0.39, 0.29) is 11.6 Å². The summed E-state index contributed by atoms with van der Waals surface area (Å²) >= 11 is 0. The Hall–Kier alpha value is -4.44. The van der Waals surface area contributed by atoms with Crippen LogP contribution in [0.25, 0.3) is 0 Å². The van der Waals surface area contributed by atoms with Crippen LogP contribution in [-0.4, -0.2) is 35.0 Å². The molecule has 0 bridgehead atoms. The normalized spacial score (nSPS) is 12.3. The fourth-order valence-electron chi connectivity index (χ4n) is 3.20. The minimum Gasteiger partial charge on any atom is -0.349 e. The molecule has 0 spiro atoms. The third-order valence-electron chi connectivity index (χ3n) is 5.18. The molecule has 0 unspecified atom stereocenters. The van der Waals surface area contributed by atoms with Crippen molar-refractivity contribution in [3.05, 3.63) is 96.0 Å². The van der Waals surface area contributed by atoms with Gasteiger partial charge in [-0.25, -0.2) is 4.98 Å². The van der Waals surface area contributed by atoms with E-state index in [4.69, 9.17) is 0 Å². The van der Waals surface area contributed by atoms with E-state index in [1.807, 2.05) is 24.3 Å². The first-order chi connectivity index (χ1) is 15.9. The third kappa shape index (κ3) is 5.25. The molecule has 4 rings (SSSR count). The molecule has 1 amide bonds. The maximum absolute atomic E-state index is 13.0. The van der Waals surface area contributed by atoms with Crippen LogP contribution in [-0.2, 0) is 4.79 Å². The highest BCUT2D eigenvalue weighted by Gasteiger charge is 2.28. The number of nitrogens with zero attached hydrogens (tertiary/aromatic N) is 3. The van der Waals surface area contributed by atoms with Gasteiger partial charge in [-0.2, -0.15) is 0 Å². The molecule has 0 atom stereocenters. The first-order valence-electron chi connectivity index (χ1n) is 10.5. The van der Waals surface area contributed by atoms with Gasteiger partial charge in [0.2, 0.25) is 18.2 Å². The van der Waals surface area contributed by atoms with E-state index in [9.17, 15) is 14.8 Å². The number of nitrogens with one attached hydrogen (secondary N) is 1. The molecular weight excluding hydrogens is 416 g/mol. The fourth-order valence-corrected chi connectivity index (χ4v) is 3.20. The summed E-state index contributed by atoms with van der Waals surface area (Å²) < 4.78 is 0.951. The molecule has 7 nitrogen and oxygen atoms in total. The number of hydrogen-bond donors (Lipinski definition) is 2. The lowest BCUT2D eigenvalue weighted by atomic mass is 10.0. The minimum atomic E-state index is -0.458. The Morgan fingerprint density at radius 1 is 1.15 bits per heavy atom. The fraction of sp³-hybridized carbons (Fsp3) is 0.154. The number of pyridine rings is 2. The molecule has 1 fully saturated rings. The van der Waals surface area contributed by atoms with Gasteiger partial charge in [0.25, 0.3) is 5.91 Å². The van der Waals surface area contributed by atoms with E-state index >= 15 is 0 Å². The number of hydrogen-bond acceptors (Lipinski definition) is 5. The van der Waals surface area contributed by atoms with E-state index in [1.165, 1.54) is 12.4 Å². The molecule has 33 heavy (non-hydrogen) atoms. The minimum absolute atomic E-state index is 0.104. The Kier molecular flexibility index (Phi) is 6.18. The summed E-state index contributed by atoms with van der Waals surface area (Å²) in [7, 11) is 1.80. The van der Waals surface area contributed by atoms with Crippen molar-refractivity contribution in [2.24, 2.45) is 0 Å². The number of ketones is 1. The summed E-state index contributed by atoms with van der Waals surface area (Å²) in [5.74, 6) is 5.60. The van der Waals surface area contributed by atoms with Gasteiger partial charge < -0.3 is 10.2 Å². The van der Waals surface area contributed by atoms with Crippen molar-refractivity contribution in [1.82, 2.24) is 10.3 Å². The average molecular weight is 439 g/mol. The highest BCUT2D eigenvalue weighted by Crippen LogP contribution is 2.27. The van der Waals surface area contributed by atoms with E-state index in [2.05, 4.69) is 28.7 Å². The number of aromatic nitrogens is 2. The van der Waals surface area contributed by atoms with Gasteiger partial charge in [-0.05, 0) is 49.2 Å². The zero-order valence-electron chi connectivity index (χ0n) is 18.2. The van der Waals surface area contributed by atoms with Crippen molar-refractivity contribution in [2.75, 3.05) is 11.9 Å². The second-order valence-corrected chi connectivity index (χ2v) is 7.76. The van der Waals surface area contributed by atoms with Crippen LogP contribution < -0.4 is 14.9 Å². The number of carbonyl (C=O) groups is 2. The molecule has 2 heterocycles. The molecule has 0 aliphatic heterocycles. The van der Waals surface area contributed by atoms with Crippen molar-refractivity contribution in [3.63, 3.8) is 0 Å². The molecule has 1 aliphatic carbocycles. The van der Waals surface area contributed by atoms with Crippen molar-refractivity contribution in [3.8, 4) is 11.8 Å². The molecule has 164 valence electrons. The van der Waals surface area contributed by atoms with Crippen LogP contribution in [0.15, 0.2) is 79.3 Å². The average Bonchev–Trinajstić information content (AvgIpc) is 3.65. The lowest BCUT2D eigenvalue weighted by Crippen LogP contribution is -2.30. The maximum atomic E-state index is 13.0. The summed E-state index contributed by atoms with van der Waals surface area (Å²) in [5, 5.41) is 12.3. The van der Waals surface area contributed by atoms with Crippen LogP contribution in [0.3, 0.4) is 0 Å². The van der Waals surface area contributed by atoms with Crippen LogP contribution in [0.2, 0.25) is 0 Å². The monoisotopic (exact) mass is 439 g/mol. The van der Waals surface area contributed by atoms with Crippen LogP contribution in [0, 0.1) is 11.8 Å². The number of amides is 1. The lowest BCUT2D eigenvalue weighted by Gasteiger charge is -2.21. The van der Waals surface area contributed by atoms with Gasteiger partial charge in [0.15, 0.2) is 0 Å². The van der Waals surface area contributed by atoms with E-state index in [0.29, 0.717) is 16.9 Å². The smallest absolute Gasteiger partial charge is 0.254 e. The highest BCUT2D eigenvalue weighted by molar-refractivity contribution is 6.26. The Balaban J connectivity index is 1.58. The molecule has 1 aromatic carbocycles. The van der Waals surface area contributed by atoms with Gasteiger partial charge in [0.05, 0.1) is 16.7 Å². The van der Waals surface area contributed by atoms with Gasteiger partial charge in [-0.15, -0.1) is 0 Å². The Bertz CT molecular complexity index is 1300. The molecule has 2 aromatic heterocycles. The zero-order valence-corrected chi connectivity index (χ0v) is 18.2. The van der Waals surface area contributed by atoms with Crippen LogP contribution in [0.5, 0.6) is 0 Å². The van der Waals surface area contributed by atoms with Gasteiger partial charge in [-0.1, -0.05) is 24.5 Å². The largest absolute Gasteiger partial charge is 0.349 e. The predicted molar refractivity (Wildman–Crippen MR) is 123 cm³/mol. The first kappa shape index (κ1) is 21.8. The van der Waals surface area contributed by atoms with Gasteiger partial charge in [-0.3, -0.25) is 14.8 Å². The molecule has 1 saturated carbocycles. The van der Waals surface area contributed by atoms with Gasteiger partial charge in [0.1, 0.15) is 5.82 Å². The summed E-state index contributed by atoms with van der Waals surface area (Å²) in [4.78, 5) is 31.5. The molecular formula is C26H23N4O3+. The van der Waals surface area contributed by atoms with E-state index in [0.717, 1.165) is 28.8 Å². The van der Waals surface area contributed by atoms with Crippen molar-refractivity contribution < 1.29 is 19.5 Å². The Labute approximate surface area is 192 Å². The van der Waals surface area contributed by atoms with E-state index in [1.54, 1.807) is 42.4 Å². The lowest BCUT2D eigenvalue weighted by molar-refractivity contribution is -0.904. The Morgan fingerprint density at radius 2 is 1.91 bits per heavy atom. The Morgan fingerprint density at radius 3 is 2.67 bits per heavy atom. The second-order valence-electron chi connectivity index (χ2n) is 7.76. The van der Waals surface area contributed by atoms with Crippen molar-refractivity contribution in [1.29, 1.82) is 0 Å². The molecule has 0 radical (unpaired) electrons. The number of rotatable bonds is 6. The molecule has 2 N–H and O–H groups in total. The van der Waals surface area contributed by atoms with E-state index < -0.39 is 11.7 Å².